The lowest BCUT2D eigenvalue weighted by atomic mass is 10.1. The summed E-state index contributed by atoms with van der Waals surface area (Å²) in [6, 6.07) is 69.0. The number of benzene rings is 8. The Balaban J connectivity index is 0.000000181. The summed E-state index contributed by atoms with van der Waals surface area (Å²) in [6.07, 6.45) is 2.21. The SMILES string of the molecule is CC.CC.CC.CC.CC.CCn1c2ccccc2c2ccccc21.CCn1c2ccccc2c2ccccc21.c1ccc2c(c1)Cc1ccccc1-2.c1ccc2c(c1)Cc1ccccc1-2. The second-order valence-corrected chi connectivity index (χ2v) is 14.5. The van der Waals surface area contributed by atoms with Gasteiger partial charge in [0.15, 0.2) is 0 Å². The predicted molar refractivity (Wildman–Crippen MR) is 296 cm³/mol. The van der Waals surface area contributed by atoms with E-state index in [1.807, 2.05) is 69.2 Å². The number of rotatable bonds is 2. The molecule has 0 radical (unpaired) electrons. The summed E-state index contributed by atoms with van der Waals surface area (Å²) < 4.78 is 4.73. The van der Waals surface area contributed by atoms with Gasteiger partial charge in [0, 0.05) is 56.7 Å². The fourth-order valence-electron chi connectivity index (χ4n) is 8.85. The van der Waals surface area contributed by atoms with Gasteiger partial charge in [0.25, 0.3) is 0 Å². The topological polar surface area (TPSA) is 9.86 Å². The fraction of sp³-hybridized carbons (Fsp3) is 0.250. The van der Waals surface area contributed by atoms with Gasteiger partial charge in [-0.15, -0.1) is 0 Å². The van der Waals surface area contributed by atoms with E-state index in [4.69, 9.17) is 0 Å². The molecule has 0 saturated heterocycles. The molecule has 2 aliphatic carbocycles. The number of aromatic nitrogens is 2. The van der Waals surface area contributed by atoms with Crippen LogP contribution in [0.2, 0.25) is 0 Å². The van der Waals surface area contributed by atoms with Crippen LogP contribution in [0.15, 0.2) is 194 Å². The van der Waals surface area contributed by atoms with Crippen LogP contribution in [0.3, 0.4) is 0 Å². The molecular formula is C64H76N2. The molecule has 66 heavy (non-hydrogen) atoms. The number of hydrogen-bond donors (Lipinski definition) is 0. The van der Waals surface area contributed by atoms with Gasteiger partial charge in [0.05, 0.1) is 0 Å². The van der Waals surface area contributed by atoms with Crippen molar-refractivity contribution in [1.29, 1.82) is 0 Å². The third kappa shape index (κ3) is 11.6. The van der Waals surface area contributed by atoms with E-state index in [1.54, 1.807) is 0 Å². The maximum absolute atomic E-state index is 2.37. The predicted octanol–water partition coefficient (Wildman–Crippen LogP) is 19.3. The second kappa shape index (κ2) is 27.6. The van der Waals surface area contributed by atoms with Crippen molar-refractivity contribution in [3.05, 3.63) is 216 Å². The first-order chi connectivity index (χ1) is 32.7. The molecule has 2 heterocycles. The zero-order valence-corrected chi connectivity index (χ0v) is 42.2. The molecule has 0 aliphatic heterocycles. The standard InChI is InChI=1S/2C14H13N.2C13H10.5C2H6/c2*1-2-15-13-9-5-3-7-11(13)12-8-4-6-10-14(12)15;2*1-3-7-12-10(5-1)9-11-6-2-4-8-13(11)12;5*1-2/h2*3-10H,2H2,1H3;2*1-8H,9H2;5*1-2H3. The maximum atomic E-state index is 2.37. The Bertz CT molecular complexity index is 2560. The van der Waals surface area contributed by atoms with Gasteiger partial charge in [-0.25, -0.2) is 0 Å². The molecule has 2 heteroatoms. The third-order valence-electron chi connectivity index (χ3n) is 11.4. The van der Waals surface area contributed by atoms with Crippen LogP contribution in [-0.4, -0.2) is 9.13 Å². The first-order valence-corrected chi connectivity index (χ1v) is 25.0. The Morgan fingerprint density at radius 3 is 0.652 bits per heavy atom. The highest BCUT2D eigenvalue weighted by Gasteiger charge is 2.17. The molecule has 10 aromatic rings. The van der Waals surface area contributed by atoms with Gasteiger partial charge in [-0.2, -0.15) is 0 Å². The van der Waals surface area contributed by atoms with Crippen molar-refractivity contribution in [2.75, 3.05) is 0 Å². The van der Waals surface area contributed by atoms with Crippen molar-refractivity contribution >= 4 is 43.6 Å². The Morgan fingerprint density at radius 1 is 0.258 bits per heavy atom. The summed E-state index contributed by atoms with van der Waals surface area (Å²) in [6.45, 7) is 26.4. The fourth-order valence-corrected chi connectivity index (χ4v) is 8.85. The highest BCUT2D eigenvalue weighted by molar-refractivity contribution is 6.08. The van der Waals surface area contributed by atoms with Crippen LogP contribution in [0.1, 0.15) is 105 Å². The van der Waals surface area contributed by atoms with Gasteiger partial charge in [-0.1, -0.05) is 239 Å². The van der Waals surface area contributed by atoms with Gasteiger partial charge in [-0.05, 0) is 95.5 Å². The minimum atomic E-state index is 1.02. The van der Waals surface area contributed by atoms with Crippen molar-refractivity contribution in [1.82, 2.24) is 9.13 Å². The quantitative estimate of drug-likeness (QED) is 0.164. The summed E-state index contributed by atoms with van der Waals surface area (Å²) in [5.74, 6) is 0. The molecule has 8 aromatic carbocycles. The summed E-state index contributed by atoms with van der Waals surface area (Å²) in [4.78, 5) is 0. The normalized spacial score (nSPS) is 10.4. The molecule has 12 rings (SSSR count). The average Bonchev–Trinajstić information content (AvgIpc) is 4.17. The number of para-hydroxylation sites is 4. The van der Waals surface area contributed by atoms with Crippen LogP contribution >= 0.6 is 0 Å². The molecular weight excluding hydrogens is 797 g/mol. The zero-order chi connectivity index (χ0) is 47.8. The third-order valence-corrected chi connectivity index (χ3v) is 11.4. The van der Waals surface area contributed by atoms with Crippen LogP contribution in [0, 0.1) is 0 Å². The van der Waals surface area contributed by atoms with Crippen molar-refractivity contribution in [3.8, 4) is 22.3 Å². The summed E-state index contributed by atoms with van der Waals surface area (Å²) in [5.41, 5.74) is 16.8. The van der Waals surface area contributed by atoms with Gasteiger partial charge >= 0.3 is 0 Å². The van der Waals surface area contributed by atoms with Crippen LogP contribution in [0.5, 0.6) is 0 Å². The van der Waals surface area contributed by atoms with Crippen molar-refractivity contribution in [2.45, 2.75) is 109 Å². The van der Waals surface area contributed by atoms with E-state index < -0.39 is 0 Å². The molecule has 0 fully saturated rings. The summed E-state index contributed by atoms with van der Waals surface area (Å²) in [7, 11) is 0. The maximum Gasteiger partial charge on any atom is 0.0491 e. The number of aryl methyl sites for hydroxylation is 2. The Kier molecular flexibility index (Phi) is 21.8. The summed E-state index contributed by atoms with van der Waals surface area (Å²) >= 11 is 0. The zero-order valence-electron chi connectivity index (χ0n) is 42.2. The Hall–Kier alpha value is -6.64. The first-order valence-electron chi connectivity index (χ1n) is 25.0. The lowest BCUT2D eigenvalue weighted by Crippen LogP contribution is -1.91. The van der Waals surface area contributed by atoms with Gasteiger partial charge in [0.1, 0.15) is 0 Å². The molecule has 0 bridgehead atoms. The van der Waals surface area contributed by atoms with E-state index in [1.165, 1.54) is 88.1 Å². The number of hydrogen-bond acceptors (Lipinski definition) is 0. The molecule has 2 aromatic heterocycles. The van der Waals surface area contributed by atoms with Gasteiger partial charge in [-0.3, -0.25) is 0 Å². The lowest BCUT2D eigenvalue weighted by molar-refractivity contribution is 0.827. The Labute approximate surface area is 398 Å². The van der Waals surface area contributed by atoms with E-state index in [2.05, 4.69) is 217 Å². The van der Waals surface area contributed by atoms with E-state index in [0.29, 0.717) is 0 Å². The average molecular weight is 873 g/mol. The van der Waals surface area contributed by atoms with E-state index in [-0.39, 0.29) is 0 Å². The van der Waals surface area contributed by atoms with E-state index in [9.17, 15) is 0 Å². The molecule has 0 N–H and O–H groups in total. The highest BCUT2D eigenvalue weighted by atomic mass is 15.0. The molecule has 0 saturated carbocycles. The number of fused-ring (bicyclic) bond motifs is 12. The lowest BCUT2D eigenvalue weighted by Gasteiger charge is -2.01. The van der Waals surface area contributed by atoms with Crippen molar-refractivity contribution < 1.29 is 0 Å². The van der Waals surface area contributed by atoms with E-state index >= 15 is 0 Å². The molecule has 342 valence electrons. The summed E-state index contributed by atoms with van der Waals surface area (Å²) in [5, 5.41) is 5.43. The second-order valence-electron chi connectivity index (χ2n) is 14.5. The van der Waals surface area contributed by atoms with Gasteiger partial charge in [0.2, 0.25) is 0 Å². The van der Waals surface area contributed by atoms with E-state index in [0.717, 1.165) is 25.9 Å². The minimum Gasteiger partial charge on any atom is -0.341 e. The molecule has 2 aliphatic rings. The molecule has 0 unspecified atom stereocenters. The van der Waals surface area contributed by atoms with Crippen LogP contribution in [-0.2, 0) is 25.9 Å². The molecule has 0 amide bonds. The first kappa shape index (κ1) is 52.0. The van der Waals surface area contributed by atoms with Crippen molar-refractivity contribution in [2.24, 2.45) is 0 Å². The van der Waals surface area contributed by atoms with Crippen LogP contribution in [0.25, 0.3) is 65.9 Å². The molecule has 2 nitrogen and oxygen atoms in total. The molecule has 0 spiro atoms. The monoisotopic (exact) mass is 873 g/mol. The highest BCUT2D eigenvalue weighted by Crippen LogP contribution is 2.37. The molecule has 0 atom stereocenters. The smallest absolute Gasteiger partial charge is 0.0491 e. The van der Waals surface area contributed by atoms with Crippen molar-refractivity contribution in [3.63, 3.8) is 0 Å². The van der Waals surface area contributed by atoms with Crippen LogP contribution < -0.4 is 0 Å². The minimum absolute atomic E-state index is 1.02. The largest absolute Gasteiger partial charge is 0.341 e. The van der Waals surface area contributed by atoms with Crippen LogP contribution in [0.4, 0.5) is 0 Å². The Morgan fingerprint density at radius 2 is 0.439 bits per heavy atom. The number of nitrogens with zero attached hydrogens (tertiary/aromatic N) is 2. The van der Waals surface area contributed by atoms with Gasteiger partial charge < -0.3 is 9.13 Å².